The van der Waals surface area contributed by atoms with Gasteiger partial charge in [0.1, 0.15) is 0 Å². The van der Waals surface area contributed by atoms with E-state index in [4.69, 9.17) is 0 Å². The Morgan fingerprint density at radius 1 is 1.15 bits per heavy atom. The third kappa shape index (κ3) is 1.74. The lowest BCUT2D eigenvalue weighted by Gasteiger charge is -2.24. The molecule has 2 aromatic rings. The van der Waals surface area contributed by atoms with Gasteiger partial charge in [-0.3, -0.25) is 14.5 Å². The second-order valence-corrected chi connectivity index (χ2v) is 5.31. The van der Waals surface area contributed by atoms with Crippen LogP contribution in [0.15, 0.2) is 35.0 Å². The Morgan fingerprint density at radius 2 is 1.85 bits per heavy atom. The van der Waals surface area contributed by atoms with Gasteiger partial charge in [-0.1, -0.05) is 12.1 Å². The highest BCUT2D eigenvalue weighted by molar-refractivity contribution is 7.08. The Morgan fingerprint density at radius 3 is 2.50 bits per heavy atom. The molecular weight excluding hydrogens is 272 g/mol. The zero-order valence-corrected chi connectivity index (χ0v) is 12.1. The van der Waals surface area contributed by atoms with E-state index in [0.717, 1.165) is 11.4 Å². The average molecular weight is 286 g/mol. The Labute approximate surface area is 121 Å². The van der Waals surface area contributed by atoms with Crippen molar-refractivity contribution in [3.05, 3.63) is 40.6 Å². The molecule has 0 atom stereocenters. The van der Waals surface area contributed by atoms with Gasteiger partial charge >= 0.3 is 0 Å². The summed E-state index contributed by atoms with van der Waals surface area (Å²) in [6.07, 6.45) is 0. The Bertz CT molecular complexity index is 693. The van der Waals surface area contributed by atoms with E-state index in [9.17, 15) is 9.59 Å². The summed E-state index contributed by atoms with van der Waals surface area (Å²) in [5, 5.41) is 3.66. The fourth-order valence-corrected chi connectivity index (χ4v) is 3.33. The molecule has 4 nitrogen and oxygen atoms in total. The lowest BCUT2D eigenvalue weighted by molar-refractivity contribution is -0.115. The van der Waals surface area contributed by atoms with Crippen molar-refractivity contribution < 1.29 is 9.59 Å². The number of hydrogen-bond acceptors (Lipinski definition) is 3. The number of benzene rings is 1. The normalized spacial score (nSPS) is 13.8. The first kappa shape index (κ1) is 12.9. The van der Waals surface area contributed by atoms with Crippen molar-refractivity contribution in [3.63, 3.8) is 0 Å². The summed E-state index contributed by atoms with van der Waals surface area (Å²) in [7, 11) is 0. The van der Waals surface area contributed by atoms with Gasteiger partial charge in [0.25, 0.3) is 5.91 Å². The molecule has 0 unspecified atom stereocenters. The van der Waals surface area contributed by atoms with Gasteiger partial charge < -0.3 is 4.90 Å². The van der Waals surface area contributed by atoms with Crippen molar-refractivity contribution in [2.45, 2.75) is 13.8 Å². The lowest BCUT2D eigenvalue weighted by atomic mass is 10.2. The molecule has 0 fully saturated rings. The number of nitrogens with zero attached hydrogens (tertiary/aromatic N) is 2. The number of carbonyl (C=O) groups is 2. The van der Waals surface area contributed by atoms with Gasteiger partial charge in [0.15, 0.2) is 0 Å². The highest BCUT2D eigenvalue weighted by atomic mass is 32.1. The number of hydrogen-bond donors (Lipinski definition) is 0. The third-order valence-corrected chi connectivity index (χ3v) is 4.13. The van der Waals surface area contributed by atoms with Crippen LogP contribution in [0, 0.1) is 0 Å². The van der Waals surface area contributed by atoms with Crippen molar-refractivity contribution in [1.29, 1.82) is 0 Å². The number of fused-ring (bicyclic) bond motifs is 2. The van der Waals surface area contributed by atoms with Crippen LogP contribution >= 0.6 is 11.3 Å². The summed E-state index contributed by atoms with van der Waals surface area (Å²) >= 11 is 1.44. The number of carbonyl (C=O) groups excluding carboxylic acids is 2. The number of rotatable bonds is 1. The van der Waals surface area contributed by atoms with Crippen LogP contribution in [0.3, 0.4) is 0 Å². The first-order valence-electron chi connectivity index (χ1n) is 6.43. The van der Waals surface area contributed by atoms with Gasteiger partial charge in [-0.05, 0) is 19.1 Å². The standard InChI is InChI=1S/C15H14N2O2S/c1-3-16-12-6-4-5-7-13(12)17(10(2)18)14-9-20-8-11(14)15(16)19/h4-9H,3H2,1-2H3. The van der Waals surface area contributed by atoms with Crippen LogP contribution in [0.1, 0.15) is 24.2 Å². The molecule has 0 aliphatic carbocycles. The fourth-order valence-electron chi connectivity index (χ4n) is 2.54. The van der Waals surface area contributed by atoms with E-state index in [1.54, 1.807) is 9.80 Å². The number of amides is 2. The predicted molar refractivity (Wildman–Crippen MR) is 80.9 cm³/mol. The molecule has 2 heterocycles. The van der Waals surface area contributed by atoms with Crippen LogP contribution in [0.25, 0.3) is 0 Å². The molecular formula is C15H14N2O2S. The molecule has 1 aliphatic heterocycles. The third-order valence-electron chi connectivity index (χ3n) is 3.40. The first-order chi connectivity index (χ1) is 9.65. The van der Waals surface area contributed by atoms with Gasteiger partial charge in [-0.2, -0.15) is 0 Å². The van der Waals surface area contributed by atoms with E-state index in [1.165, 1.54) is 18.3 Å². The van der Waals surface area contributed by atoms with Crippen LogP contribution in [-0.4, -0.2) is 18.4 Å². The monoisotopic (exact) mass is 286 g/mol. The molecule has 3 rings (SSSR count). The maximum atomic E-state index is 12.7. The summed E-state index contributed by atoms with van der Waals surface area (Å²) < 4.78 is 0. The second-order valence-electron chi connectivity index (χ2n) is 4.56. The largest absolute Gasteiger partial charge is 0.306 e. The molecule has 0 bridgehead atoms. The summed E-state index contributed by atoms with van der Waals surface area (Å²) in [5.74, 6) is -0.150. The van der Waals surface area contributed by atoms with Gasteiger partial charge in [0, 0.05) is 24.2 Å². The summed E-state index contributed by atoms with van der Waals surface area (Å²) in [6.45, 7) is 4.02. The molecule has 5 heteroatoms. The van der Waals surface area contributed by atoms with Crippen molar-refractivity contribution >= 4 is 40.2 Å². The lowest BCUT2D eigenvalue weighted by Crippen LogP contribution is -2.29. The smallest absolute Gasteiger partial charge is 0.261 e. The number of para-hydroxylation sites is 2. The maximum absolute atomic E-state index is 12.7. The van der Waals surface area contributed by atoms with E-state index in [0.29, 0.717) is 17.8 Å². The van der Waals surface area contributed by atoms with E-state index in [1.807, 2.05) is 41.9 Å². The molecule has 1 aromatic heterocycles. The SMILES string of the molecule is CCN1C(=O)c2cscc2N(C(C)=O)c2ccccc21. The summed E-state index contributed by atoms with van der Waals surface area (Å²) in [6, 6.07) is 7.51. The number of anilines is 3. The van der Waals surface area contributed by atoms with Crippen molar-refractivity contribution in [2.75, 3.05) is 16.3 Å². The molecule has 0 radical (unpaired) electrons. The Hall–Kier alpha value is -2.14. The molecule has 1 aromatic carbocycles. The summed E-state index contributed by atoms with van der Waals surface area (Å²) in [4.78, 5) is 28.1. The van der Waals surface area contributed by atoms with Crippen LogP contribution in [-0.2, 0) is 4.79 Å². The van der Waals surface area contributed by atoms with Crippen molar-refractivity contribution in [2.24, 2.45) is 0 Å². The van der Waals surface area contributed by atoms with Crippen molar-refractivity contribution in [1.82, 2.24) is 0 Å². The quantitative estimate of drug-likeness (QED) is 0.806. The molecule has 102 valence electrons. The first-order valence-corrected chi connectivity index (χ1v) is 7.37. The van der Waals surface area contributed by atoms with E-state index in [-0.39, 0.29) is 11.8 Å². The minimum Gasteiger partial charge on any atom is -0.306 e. The van der Waals surface area contributed by atoms with Gasteiger partial charge in [0.2, 0.25) is 5.91 Å². The number of thiophene rings is 1. The topological polar surface area (TPSA) is 40.6 Å². The molecule has 0 saturated carbocycles. The van der Waals surface area contributed by atoms with Crippen LogP contribution in [0.2, 0.25) is 0 Å². The highest BCUT2D eigenvalue weighted by Gasteiger charge is 2.32. The minimum atomic E-state index is -0.0946. The van der Waals surface area contributed by atoms with Crippen molar-refractivity contribution in [3.8, 4) is 0 Å². The maximum Gasteiger partial charge on any atom is 0.261 e. The Kier molecular flexibility index (Phi) is 3.06. The average Bonchev–Trinajstić information content (AvgIpc) is 2.86. The van der Waals surface area contributed by atoms with Crippen LogP contribution < -0.4 is 9.80 Å². The molecule has 20 heavy (non-hydrogen) atoms. The van der Waals surface area contributed by atoms with E-state index in [2.05, 4.69) is 0 Å². The van der Waals surface area contributed by atoms with Crippen LogP contribution in [0.4, 0.5) is 17.1 Å². The predicted octanol–water partition coefficient (Wildman–Crippen LogP) is 3.41. The minimum absolute atomic E-state index is 0.0556. The Balaban J connectivity index is 2.33. The molecule has 0 saturated heterocycles. The molecule has 1 aliphatic rings. The van der Waals surface area contributed by atoms with Gasteiger partial charge in [0.05, 0.1) is 22.6 Å². The zero-order valence-electron chi connectivity index (χ0n) is 11.3. The summed E-state index contributed by atoms with van der Waals surface area (Å²) in [5.41, 5.74) is 2.79. The zero-order chi connectivity index (χ0) is 14.3. The molecule has 2 amide bonds. The molecule has 0 N–H and O–H groups in total. The molecule has 0 spiro atoms. The van der Waals surface area contributed by atoms with Gasteiger partial charge in [-0.15, -0.1) is 11.3 Å². The van der Waals surface area contributed by atoms with Gasteiger partial charge in [-0.25, -0.2) is 0 Å². The van der Waals surface area contributed by atoms with E-state index >= 15 is 0 Å². The fraction of sp³-hybridized carbons (Fsp3) is 0.200. The van der Waals surface area contributed by atoms with E-state index < -0.39 is 0 Å². The highest BCUT2D eigenvalue weighted by Crippen LogP contribution is 2.41. The van der Waals surface area contributed by atoms with Crippen LogP contribution in [0.5, 0.6) is 0 Å². The second kappa shape index (κ2) is 4.76.